The molecule has 5 rings (SSSR count). The van der Waals surface area contributed by atoms with Crippen LogP contribution < -0.4 is 15.4 Å². The molecule has 0 aromatic heterocycles. The number of amides is 2. The molecule has 0 spiro atoms. The lowest BCUT2D eigenvalue weighted by molar-refractivity contribution is -0.143. The number of rotatable bonds is 9. The molecule has 0 heterocycles. The Bertz CT molecular complexity index is 2100. The van der Waals surface area contributed by atoms with Crippen molar-refractivity contribution >= 4 is 23.4 Å². The second kappa shape index (κ2) is 17.4. The summed E-state index contributed by atoms with van der Waals surface area (Å²) in [7, 11) is 0. The number of carbonyl (C=O) groups excluding carboxylic acids is 1. The van der Waals surface area contributed by atoms with E-state index >= 15 is 0 Å². The van der Waals surface area contributed by atoms with Gasteiger partial charge in [0.15, 0.2) is 5.75 Å². The number of halogens is 9. The monoisotopic (exact) mass is 806 g/mol. The standard InChI is InChI=1S/C28H23F9N2O4.C13H12O/c1-4-25(2,3)14-5-7-21(19(12-14)23(40)41)43-22-8-6-15(26(29,30)31)13-20(22)39-24(42)38-18-10-16(27(32,33)34)9-17(11-18)28(35,36)37;14-13(11-7-3-1-4-8-11)12-9-5-2-6-10-12/h5-13H,4H2,1-3H3,(H,40,41)(H2,38,39,42);1-10,13-14H. The molecule has 2 amide bonds. The van der Waals surface area contributed by atoms with Gasteiger partial charge in [-0.1, -0.05) is 87.5 Å². The number of alkyl halides is 9. The zero-order valence-corrected chi connectivity index (χ0v) is 30.3. The molecule has 57 heavy (non-hydrogen) atoms. The highest BCUT2D eigenvalue weighted by Gasteiger charge is 2.37. The molecule has 0 unspecified atom stereocenters. The third kappa shape index (κ3) is 11.7. The summed E-state index contributed by atoms with van der Waals surface area (Å²) in [5, 5.41) is 23.4. The van der Waals surface area contributed by atoms with E-state index in [2.05, 4.69) is 0 Å². The van der Waals surface area contributed by atoms with Gasteiger partial charge in [0, 0.05) is 5.69 Å². The summed E-state index contributed by atoms with van der Waals surface area (Å²) in [4.78, 5) is 24.6. The number of carbonyl (C=O) groups is 2. The molecule has 5 aromatic carbocycles. The van der Waals surface area contributed by atoms with Crippen LogP contribution in [0.15, 0.2) is 115 Å². The molecule has 0 saturated carbocycles. The molecule has 302 valence electrons. The Morgan fingerprint density at radius 3 is 1.54 bits per heavy atom. The van der Waals surface area contributed by atoms with Crippen molar-refractivity contribution in [1.82, 2.24) is 0 Å². The van der Waals surface area contributed by atoms with Gasteiger partial charge in [-0.2, -0.15) is 39.5 Å². The number of aromatic carboxylic acids is 1. The molecular formula is C41H35F9N2O5. The van der Waals surface area contributed by atoms with Gasteiger partial charge >= 0.3 is 30.5 Å². The van der Waals surface area contributed by atoms with Gasteiger partial charge in [-0.05, 0) is 77.1 Å². The van der Waals surface area contributed by atoms with E-state index in [0.29, 0.717) is 24.1 Å². The first-order valence-corrected chi connectivity index (χ1v) is 16.9. The molecule has 0 aliphatic carbocycles. The van der Waals surface area contributed by atoms with Crippen molar-refractivity contribution in [2.75, 3.05) is 10.6 Å². The third-order valence-electron chi connectivity index (χ3n) is 8.73. The quantitative estimate of drug-likeness (QED) is 0.111. The number of nitrogens with one attached hydrogen (secondary N) is 2. The predicted molar refractivity (Wildman–Crippen MR) is 194 cm³/mol. The zero-order valence-electron chi connectivity index (χ0n) is 30.3. The molecule has 0 aliphatic heterocycles. The summed E-state index contributed by atoms with van der Waals surface area (Å²) < 4.78 is 125. The molecule has 0 saturated heterocycles. The maximum absolute atomic E-state index is 13.4. The average molecular weight is 807 g/mol. The lowest BCUT2D eigenvalue weighted by Gasteiger charge is -2.24. The number of hydrogen-bond acceptors (Lipinski definition) is 4. The van der Waals surface area contributed by atoms with Crippen molar-refractivity contribution in [2.45, 2.75) is 57.2 Å². The molecule has 16 heteroatoms. The van der Waals surface area contributed by atoms with E-state index in [1.54, 1.807) is 11.4 Å². The summed E-state index contributed by atoms with van der Waals surface area (Å²) in [5.41, 5.74) is -4.79. The second-order valence-corrected chi connectivity index (χ2v) is 13.2. The smallest absolute Gasteiger partial charge is 0.416 e. The van der Waals surface area contributed by atoms with Crippen LogP contribution in [-0.4, -0.2) is 22.2 Å². The number of anilines is 2. The van der Waals surface area contributed by atoms with Gasteiger partial charge in [0.25, 0.3) is 0 Å². The molecule has 0 radical (unpaired) electrons. The van der Waals surface area contributed by atoms with E-state index in [-0.39, 0.29) is 29.5 Å². The predicted octanol–water partition coefficient (Wildman–Crippen LogP) is 12.3. The maximum Gasteiger partial charge on any atom is 0.416 e. The van der Waals surface area contributed by atoms with Gasteiger partial charge in [-0.25, -0.2) is 9.59 Å². The molecule has 0 fully saturated rings. The van der Waals surface area contributed by atoms with Crippen LogP contribution in [0.1, 0.15) is 77.0 Å². The first-order valence-electron chi connectivity index (χ1n) is 16.9. The van der Waals surface area contributed by atoms with Gasteiger partial charge < -0.3 is 25.6 Å². The van der Waals surface area contributed by atoms with Crippen molar-refractivity contribution in [2.24, 2.45) is 0 Å². The van der Waals surface area contributed by atoms with Gasteiger partial charge in [-0.15, -0.1) is 0 Å². The molecule has 0 aliphatic rings. The SMILES string of the molecule is CCC(C)(C)c1ccc(Oc2ccc(C(F)(F)F)cc2NC(=O)Nc2cc(C(F)(F)F)cc(C(F)(F)F)c2)c(C(=O)O)c1.OC(c1ccccc1)c1ccccc1. The van der Waals surface area contributed by atoms with Crippen molar-refractivity contribution in [1.29, 1.82) is 0 Å². The van der Waals surface area contributed by atoms with Crippen LogP contribution in [-0.2, 0) is 23.9 Å². The van der Waals surface area contributed by atoms with Gasteiger partial charge in [0.05, 0.1) is 22.4 Å². The number of carboxylic acid groups (broad SMARTS) is 1. The van der Waals surface area contributed by atoms with Gasteiger partial charge in [-0.3, -0.25) is 0 Å². The lowest BCUT2D eigenvalue weighted by atomic mass is 9.81. The zero-order chi connectivity index (χ0) is 42.3. The summed E-state index contributed by atoms with van der Waals surface area (Å²) in [6.45, 7) is 5.58. The molecular weight excluding hydrogens is 771 g/mol. The summed E-state index contributed by atoms with van der Waals surface area (Å²) >= 11 is 0. The lowest BCUT2D eigenvalue weighted by Crippen LogP contribution is -2.21. The number of hydrogen-bond donors (Lipinski definition) is 4. The first kappa shape index (κ1) is 43.7. The van der Waals surface area contributed by atoms with E-state index in [9.17, 15) is 59.3 Å². The normalized spacial score (nSPS) is 12.0. The van der Waals surface area contributed by atoms with E-state index in [4.69, 9.17) is 4.74 Å². The van der Waals surface area contributed by atoms with E-state index in [1.807, 2.05) is 86.8 Å². The number of aliphatic hydroxyl groups is 1. The number of aliphatic hydroxyl groups excluding tert-OH is 1. The Labute approximate surface area is 320 Å². The van der Waals surface area contributed by atoms with Crippen molar-refractivity contribution in [3.8, 4) is 11.5 Å². The molecule has 5 aromatic rings. The van der Waals surface area contributed by atoms with Crippen LogP contribution >= 0.6 is 0 Å². The summed E-state index contributed by atoms with van der Waals surface area (Å²) in [6.07, 6.45) is -15.3. The molecule has 4 N–H and O–H groups in total. The van der Waals surface area contributed by atoms with Crippen LogP contribution in [0, 0.1) is 0 Å². The number of urea groups is 1. The molecule has 0 bridgehead atoms. The Balaban J connectivity index is 0.000000428. The second-order valence-electron chi connectivity index (χ2n) is 13.2. The Hall–Kier alpha value is -6.03. The fourth-order valence-electron chi connectivity index (χ4n) is 5.20. The Morgan fingerprint density at radius 1 is 0.614 bits per heavy atom. The summed E-state index contributed by atoms with van der Waals surface area (Å²) in [6, 6.07) is 23.9. The molecule has 7 nitrogen and oxygen atoms in total. The highest BCUT2D eigenvalue weighted by atomic mass is 19.4. The van der Waals surface area contributed by atoms with Gasteiger partial charge in [0.1, 0.15) is 17.4 Å². The minimum atomic E-state index is -5.22. The highest BCUT2D eigenvalue weighted by molar-refractivity contribution is 6.01. The minimum Gasteiger partial charge on any atom is -0.478 e. The summed E-state index contributed by atoms with van der Waals surface area (Å²) in [5.74, 6) is -2.26. The highest BCUT2D eigenvalue weighted by Crippen LogP contribution is 2.40. The van der Waals surface area contributed by atoms with Crippen LogP contribution in [0.5, 0.6) is 11.5 Å². The fourth-order valence-corrected chi connectivity index (χ4v) is 5.20. The minimum absolute atomic E-state index is 0.172. The van der Waals surface area contributed by atoms with E-state index in [0.717, 1.165) is 17.2 Å². The Kier molecular flexibility index (Phi) is 13.3. The van der Waals surface area contributed by atoms with Crippen LogP contribution in [0.2, 0.25) is 0 Å². The van der Waals surface area contributed by atoms with Crippen LogP contribution in [0.4, 0.5) is 55.7 Å². The van der Waals surface area contributed by atoms with Crippen LogP contribution in [0.3, 0.4) is 0 Å². The maximum atomic E-state index is 13.4. The number of benzene rings is 5. The topological polar surface area (TPSA) is 108 Å². The van der Waals surface area contributed by atoms with E-state index < -0.39 is 75.9 Å². The largest absolute Gasteiger partial charge is 0.478 e. The molecule has 0 atom stereocenters. The Morgan fingerprint density at radius 2 is 1.09 bits per heavy atom. The number of ether oxygens (including phenoxy) is 1. The van der Waals surface area contributed by atoms with Crippen molar-refractivity contribution in [3.05, 3.63) is 154 Å². The van der Waals surface area contributed by atoms with E-state index in [1.165, 1.54) is 12.1 Å². The number of carboxylic acids is 1. The van der Waals surface area contributed by atoms with Gasteiger partial charge in [0.2, 0.25) is 0 Å². The van der Waals surface area contributed by atoms with Crippen LogP contribution in [0.25, 0.3) is 0 Å². The van der Waals surface area contributed by atoms with Crippen molar-refractivity contribution < 1.29 is 64.1 Å². The average Bonchev–Trinajstić information content (AvgIpc) is 3.15. The first-order chi connectivity index (χ1) is 26.5. The van der Waals surface area contributed by atoms with Crippen molar-refractivity contribution in [3.63, 3.8) is 0 Å². The fraction of sp³-hybridized carbons (Fsp3) is 0.220. The third-order valence-corrected chi connectivity index (χ3v) is 8.73.